The summed E-state index contributed by atoms with van der Waals surface area (Å²) in [6, 6.07) is 18.8. The predicted octanol–water partition coefficient (Wildman–Crippen LogP) is 5.21. The summed E-state index contributed by atoms with van der Waals surface area (Å²) in [5, 5.41) is 6.67. The Morgan fingerprint density at radius 3 is 2.59 bits per heavy atom. The minimum absolute atomic E-state index is 0.0845. The average molecular weight is 393 g/mol. The first kappa shape index (κ1) is 17.5. The molecule has 2 aromatic heterocycles. The van der Waals surface area contributed by atoms with Gasteiger partial charge in [-0.1, -0.05) is 30.0 Å². The highest BCUT2D eigenvalue weighted by molar-refractivity contribution is 8.00. The predicted molar refractivity (Wildman–Crippen MR) is 110 cm³/mol. The van der Waals surface area contributed by atoms with Crippen LogP contribution < -0.4 is 10.1 Å². The number of thioether (sulfide) groups is 1. The fraction of sp³-hybridized carbons (Fsp3) is 0.0500. The number of fused-ring (bicyclic) bond motifs is 1. The molecule has 0 aliphatic heterocycles. The van der Waals surface area contributed by atoms with Crippen molar-refractivity contribution in [3.05, 3.63) is 72.4 Å². The van der Waals surface area contributed by atoms with Crippen molar-refractivity contribution >= 4 is 44.9 Å². The highest BCUT2D eigenvalue weighted by Gasteiger charge is 2.09. The number of para-hydroxylation sites is 1. The molecule has 0 saturated heterocycles. The number of anilines is 1. The van der Waals surface area contributed by atoms with Gasteiger partial charge >= 0.3 is 0 Å². The van der Waals surface area contributed by atoms with Crippen LogP contribution in [0.2, 0.25) is 0 Å². The van der Waals surface area contributed by atoms with Gasteiger partial charge in [0.15, 0.2) is 0 Å². The normalized spacial score (nSPS) is 10.7. The molecule has 0 bridgehead atoms. The quantitative estimate of drug-likeness (QED) is 0.360. The molecule has 1 N–H and O–H groups in total. The average Bonchev–Trinajstić information content (AvgIpc) is 3.18. The monoisotopic (exact) mass is 393 g/mol. The van der Waals surface area contributed by atoms with Crippen LogP contribution in [0.1, 0.15) is 0 Å². The fourth-order valence-corrected chi connectivity index (χ4v) is 4.02. The Morgan fingerprint density at radius 1 is 1.00 bits per heavy atom. The van der Waals surface area contributed by atoms with Crippen molar-refractivity contribution in [3.63, 3.8) is 0 Å². The number of carbonyl (C=O) groups is 1. The van der Waals surface area contributed by atoms with E-state index in [1.807, 2.05) is 66.0 Å². The summed E-state index contributed by atoms with van der Waals surface area (Å²) >= 11 is 2.97. The van der Waals surface area contributed by atoms with Crippen LogP contribution in [0.4, 0.5) is 5.69 Å². The van der Waals surface area contributed by atoms with E-state index in [1.54, 1.807) is 11.3 Å². The first-order chi connectivity index (χ1) is 13.3. The second kappa shape index (κ2) is 8.20. The number of hydrogen-bond donors (Lipinski definition) is 1. The Balaban J connectivity index is 1.33. The second-order valence-corrected chi connectivity index (χ2v) is 7.45. The zero-order valence-electron chi connectivity index (χ0n) is 14.2. The van der Waals surface area contributed by atoms with E-state index in [1.165, 1.54) is 18.1 Å². The topological polar surface area (TPSA) is 64.1 Å². The van der Waals surface area contributed by atoms with E-state index in [9.17, 15) is 4.79 Å². The van der Waals surface area contributed by atoms with Gasteiger partial charge in [-0.05, 0) is 47.8 Å². The molecule has 4 rings (SSSR count). The molecule has 5 nitrogen and oxygen atoms in total. The van der Waals surface area contributed by atoms with Gasteiger partial charge in [0.2, 0.25) is 5.91 Å². The molecule has 0 unspecified atom stereocenters. The van der Waals surface area contributed by atoms with Crippen molar-refractivity contribution in [2.45, 2.75) is 5.03 Å². The summed E-state index contributed by atoms with van der Waals surface area (Å²) in [4.78, 5) is 21.7. The minimum Gasteiger partial charge on any atom is -0.457 e. The molecule has 1 amide bonds. The van der Waals surface area contributed by atoms with Crippen molar-refractivity contribution in [3.8, 4) is 11.5 Å². The fourth-order valence-electron chi connectivity index (χ4n) is 2.44. The molecular formula is C20H15N3O2S2. The number of nitrogens with zero attached hydrogens (tertiary/aromatic N) is 2. The number of hydrogen-bond acceptors (Lipinski definition) is 6. The molecule has 0 aliphatic rings. The molecule has 0 fully saturated rings. The van der Waals surface area contributed by atoms with Gasteiger partial charge in [0, 0.05) is 11.1 Å². The standard InChI is InChI=1S/C20H15N3O2S2/c24-18(12-27-20-17-10-11-26-19(17)21-13-22-20)23-14-6-8-16(9-7-14)25-15-4-2-1-3-5-15/h1-11,13H,12H2,(H,23,24). The Morgan fingerprint density at radius 2 is 1.78 bits per heavy atom. The van der Waals surface area contributed by atoms with E-state index >= 15 is 0 Å². The van der Waals surface area contributed by atoms with Gasteiger partial charge in [-0.3, -0.25) is 4.79 Å². The Labute approximate surface area is 164 Å². The van der Waals surface area contributed by atoms with Crippen molar-refractivity contribution in [1.82, 2.24) is 9.97 Å². The number of aromatic nitrogens is 2. The lowest BCUT2D eigenvalue weighted by atomic mass is 10.3. The lowest BCUT2D eigenvalue weighted by Gasteiger charge is -2.08. The van der Waals surface area contributed by atoms with Gasteiger partial charge in [0.25, 0.3) is 0 Å². The van der Waals surface area contributed by atoms with Crippen molar-refractivity contribution in [2.24, 2.45) is 0 Å². The molecule has 0 aliphatic carbocycles. The Bertz CT molecular complexity index is 1050. The van der Waals surface area contributed by atoms with Gasteiger partial charge < -0.3 is 10.1 Å². The molecule has 2 heterocycles. The SMILES string of the molecule is O=C(CSc1ncnc2sccc12)Nc1ccc(Oc2ccccc2)cc1. The third-order valence-electron chi connectivity index (χ3n) is 3.68. The van der Waals surface area contributed by atoms with Crippen LogP contribution in [0, 0.1) is 0 Å². The maximum absolute atomic E-state index is 12.2. The zero-order chi connectivity index (χ0) is 18.5. The van der Waals surface area contributed by atoms with Crippen molar-refractivity contribution in [1.29, 1.82) is 0 Å². The van der Waals surface area contributed by atoms with Gasteiger partial charge in [-0.2, -0.15) is 0 Å². The van der Waals surface area contributed by atoms with E-state index in [4.69, 9.17) is 4.74 Å². The molecule has 134 valence electrons. The van der Waals surface area contributed by atoms with E-state index in [0.717, 1.165) is 32.4 Å². The lowest BCUT2D eigenvalue weighted by molar-refractivity contribution is -0.113. The maximum Gasteiger partial charge on any atom is 0.234 e. The molecule has 4 aromatic rings. The summed E-state index contributed by atoms with van der Waals surface area (Å²) in [5.41, 5.74) is 0.726. The van der Waals surface area contributed by atoms with Crippen LogP contribution in [0.15, 0.2) is 77.4 Å². The molecule has 7 heteroatoms. The summed E-state index contributed by atoms with van der Waals surface area (Å²) in [6.45, 7) is 0. The third-order valence-corrected chi connectivity index (χ3v) is 5.51. The summed E-state index contributed by atoms with van der Waals surface area (Å²) in [5.74, 6) is 1.69. The van der Waals surface area contributed by atoms with E-state index in [0.29, 0.717) is 0 Å². The van der Waals surface area contributed by atoms with E-state index in [-0.39, 0.29) is 11.7 Å². The number of nitrogens with one attached hydrogen (secondary N) is 1. The smallest absolute Gasteiger partial charge is 0.234 e. The second-order valence-electron chi connectivity index (χ2n) is 5.59. The largest absolute Gasteiger partial charge is 0.457 e. The van der Waals surface area contributed by atoms with Crippen molar-refractivity contribution < 1.29 is 9.53 Å². The van der Waals surface area contributed by atoms with Gasteiger partial charge in [-0.25, -0.2) is 9.97 Å². The number of ether oxygens (including phenoxy) is 1. The number of carbonyl (C=O) groups excluding carboxylic acids is 1. The molecule has 0 spiro atoms. The zero-order valence-corrected chi connectivity index (χ0v) is 15.8. The minimum atomic E-state index is -0.0845. The van der Waals surface area contributed by atoms with Crippen LogP contribution in [-0.4, -0.2) is 21.6 Å². The van der Waals surface area contributed by atoms with E-state index in [2.05, 4.69) is 15.3 Å². The summed E-state index contributed by atoms with van der Waals surface area (Å²) in [7, 11) is 0. The summed E-state index contributed by atoms with van der Waals surface area (Å²) in [6.07, 6.45) is 1.53. The third kappa shape index (κ3) is 4.45. The van der Waals surface area contributed by atoms with Crippen molar-refractivity contribution in [2.75, 3.05) is 11.1 Å². The summed E-state index contributed by atoms with van der Waals surface area (Å²) < 4.78 is 5.75. The number of benzene rings is 2. The van der Waals surface area contributed by atoms with Crippen LogP contribution >= 0.6 is 23.1 Å². The van der Waals surface area contributed by atoms with Crippen LogP contribution in [0.5, 0.6) is 11.5 Å². The number of rotatable bonds is 6. The molecule has 2 aromatic carbocycles. The Kier molecular flexibility index (Phi) is 5.32. The molecule has 0 saturated carbocycles. The number of thiophene rings is 1. The van der Waals surface area contributed by atoms with Crippen LogP contribution in [0.3, 0.4) is 0 Å². The van der Waals surface area contributed by atoms with E-state index < -0.39 is 0 Å². The molecule has 0 atom stereocenters. The molecule has 27 heavy (non-hydrogen) atoms. The first-order valence-electron chi connectivity index (χ1n) is 8.22. The molecular weight excluding hydrogens is 378 g/mol. The highest BCUT2D eigenvalue weighted by atomic mass is 32.2. The lowest BCUT2D eigenvalue weighted by Crippen LogP contribution is -2.14. The number of amides is 1. The Hall–Kier alpha value is -2.90. The highest BCUT2D eigenvalue weighted by Crippen LogP contribution is 2.28. The molecule has 0 radical (unpaired) electrons. The van der Waals surface area contributed by atoms with Gasteiger partial charge in [0.1, 0.15) is 27.7 Å². The first-order valence-corrected chi connectivity index (χ1v) is 10.1. The maximum atomic E-state index is 12.2. The van der Waals surface area contributed by atoms with Crippen LogP contribution in [0.25, 0.3) is 10.2 Å². The van der Waals surface area contributed by atoms with Gasteiger partial charge in [-0.15, -0.1) is 11.3 Å². The van der Waals surface area contributed by atoms with Gasteiger partial charge in [0.05, 0.1) is 5.75 Å². The van der Waals surface area contributed by atoms with Crippen LogP contribution in [-0.2, 0) is 4.79 Å².